The normalized spacial score (nSPS) is 16.9. The number of nitrogens with one attached hydrogen (secondary N) is 1. The van der Waals surface area contributed by atoms with E-state index in [4.69, 9.17) is 4.74 Å². The van der Waals surface area contributed by atoms with Crippen molar-refractivity contribution in [3.8, 4) is 11.3 Å². The third kappa shape index (κ3) is 3.95. The van der Waals surface area contributed by atoms with Gasteiger partial charge in [-0.1, -0.05) is 12.5 Å². The second kappa shape index (κ2) is 7.46. The predicted molar refractivity (Wildman–Crippen MR) is 108 cm³/mol. The third-order valence-electron chi connectivity index (χ3n) is 5.10. The molecule has 29 heavy (non-hydrogen) atoms. The number of nitrogens with zero attached hydrogens (tertiary/aromatic N) is 3. The third-order valence-corrected chi connectivity index (χ3v) is 5.10. The number of aromatic nitrogens is 3. The Labute approximate surface area is 169 Å². The van der Waals surface area contributed by atoms with Crippen LogP contribution in [-0.4, -0.2) is 26.3 Å². The molecule has 2 aromatic heterocycles. The lowest BCUT2D eigenvalue weighted by Gasteiger charge is -2.24. The molecule has 0 spiro atoms. The Kier molecular flexibility index (Phi) is 4.98. The van der Waals surface area contributed by atoms with Gasteiger partial charge in [0.05, 0.1) is 11.6 Å². The lowest BCUT2D eigenvalue weighted by Crippen LogP contribution is -2.35. The molecule has 1 N–H and O–H groups in total. The molecule has 0 radical (unpaired) electrons. The molecule has 1 aliphatic carbocycles. The highest BCUT2D eigenvalue weighted by molar-refractivity contribution is 5.77. The van der Waals surface area contributed by atoms with Gasteiger partial charge in [-0.3, -0.25) is 0 Å². The molecule has 3 aromatic rings. The van der Waals surface area contributed by atoms with Gasteiger partial charge in [0.1, 0.15) is 23.4 Å². The fourth-order valence-corrected chi connectivity index (χ4v) is 3.88. The molecule has 0 saturated carbocycles. The van der Waals surface area contributed by atoms with Gasteiger partial charge in [0, 0.05) is 11.8 Å². The topological polar surface area (TPSA) is 68.5 Å². The number of ether oxygens (including phenoxy) is 1. The first-order valence-electron chi connectivity index (χ1n) is 9.93. The molecule has 0 aliphatic heterocycles. The quantitative estimate of drug-likeness (QED) is 0.630. The molecule has 7 heteroatoms. The summed E-state index contributed by atoms with van der Waals surface area (Å²) < 4.78 is 22.7. The first-order chi connectivity index (χ1) is 13.8. The summed E-state index contributed by atoms with van der Waals surface area (Å²) in [5.41, 5.74) is 2.64. The van der Waals surface area contributed by atoms with Gasteiger partial charge in [0.2, 0.25) is 0 Å². The first kappa shape index (κ1) is 19.4. The Morgan fingerprint density at radius 3 is 2.90 bits per heavy atom. The molecule has 4 rings (SSSR count). The Balaban J connectivity index is 1.71. The van der Waals surface area contributed by atoms with Crippen molar-refractivity contribution in [2.24, 2.45) is 0 Å². The zero-order chi connectivity index (χ0) is 20.6. The van der Waals surface area contributed by atoms with E-state index in [1.54, 1.807) is 10.6 Å². The van der Waals surface area contributed by atoms with E-state index in [0.717, 1.165) is 30.3 Å². The van der Waals surface area contributed by atoms with Gasteiger partial charge in [-0.05, 0) is 69.4 Å². The van der Waals surface area contributed by atoms with Gasteiger partial charge in [-0.2, -0.15) is 5.10 Å². The summed E-state index contributed by atoms with van der Waals surface area (Å²) in [5.74, 6) is -0.276. The number of benzene rings is 1. The van der Waals surface area contributed by atoms with Gasteiger partial charge in [-0.25, -0.2) is 18.7 Å². The van der Waals surface area contributed by atoms with E-state index in [1.807, 2.05) is 45.2 Å². The van der Waals surface area contributed by atoms with Crippen molar-refractivity contribution in [1.82, 2.24) is 19.9 Å². The molecule has 0 bridgehead atoms. The van der Waals surface area contributed by atoms with Crippen molar-refractivity contribution in [3.63, 3.8) is 0 Å². The molecule has 6 nitrogen and oxygen atoms in total. The van der Waals surface area contributed by atoms with Crippen LogP contribution in [0.3, 0.4) is 0 Å². The fraction of sp³-hybridized carbons (Fsp3) is 0.409. The van der Waals surface area contributed by atoms with Crippen molar-refractivity contribution >= 4 is 11.6 Å². The average molecular weight is 396 g/mol. The molecule has 1 amide bonds. The maximum absolute atomic E-state index is 15.6. The number of alkyl carbamates (subject to hydrolysis) is 1. The second-order valence-electron chi connectivity index (χ2n) is 8.39. The van der Waals surface area contributed by atoms with Gasteiger partial charge in [0.15, 0.2) is 0 Å². The van der Waals surface area contributed by atoms with E-state index in [2.05, 4.69) is 15.4 Å². The minimum absolute atomic E-state index is 0.274. The maximum atomic E-state index is 15.6. The highest BCUT2D eigenvalue weighted by Gasteiger charge is 2.27. The largest absolute Gasteiger partial charge is 0.444 e. The monoisotopic (exact) mass is 396 g/mol. The molecule has 0 fully saturated rings. The highest BCUT2D eigenvalue weighted by Crippen LogP contribution is 2.35. The molecule has 152 valence electrons. The zero-order valence-electron chi connectivity index (χ0n) is 16.9. The van der Waals surface area contributed by atoms with Crippen molar-refractivity contribution in [2.75, 3.05) is 0 Å². The lowest BCUT2D eigenvalue weighted by molar-refractivity contribution is 0.0501. The highest BCUT2D eigenvalue weighted by atomic mass is 19.1. The number of carbonyl (C=O) groups excluding carboxylic acids is 1. The summed E-state index contributed by atoms with van der Waals surface area (Å²) in [6.07, 6.45) is 5.91. The second-order valence-corrected chi connectivity index (χ2v) is 8.39. The number of halogens is 1. The average Bonchev–Trinajstić information content (AvgIpc) is 3.03. The molecule has 1 atom stereocenters. The number of amides is 1. The SMILES string of the molecule is CC(C)(C)OC(=O)N[C@@H]1CCCCc2c1ccc(-c1ncnn3cccc13)c2F. The Hall–Kier alpha value is -2.96. The number of hydrogen-bond donors (Lipinski definition) is 1. The summed E-state index contributed by atoms with van der Waals surface area (Å²) in [7, 11) is 0. The minimum atomic E-state index is -0.581. The molecular formula is C22H25FN4O2. The van der Waals surface area contributed by atoms with E-state index < -0.39 is 11.7 Å². The van der Waals surface area contributed by atoms with Crippen LogP contribution in [0.5, 0.6) is 0 Å². The van der Waals surface area contributed by atoms with Crippen LogP contribution in [0.25, 0.3) is 16.8 Å². The first-order valence-corrected chi connectivity index (χ1v) is 9.93. The van der Waals surface area contributed by atoms with Crippen LogP contribution in [0.4, 0.5) is 9.18 Å². The Morgan fingerprint density at radius 2 is 2.10 bits per heavy atom. The number of rotatable bonds is 2. The summed E-state index contributed by atoms with van der Waals surface area (Å²) in [5, 5.41) is 7.08. The van der Waals surface area contributed by atoms with Crippen molar-refractivity contribution < 1.29 is 13.9 Å². The van der Waals surface area contributed by atoms with Crippen LogP contribution in [0.15, 0.2) is 36.8 Å². The zero-order valence-corrected chi connectivity index (χ0v) is 16.9. The van der Waals surface area contributed by atoms with Crippen molar-refractivity contribution in [2.45, 2.75) is 58.1 Å². The Morgan fingerprint density at radius 1 is 1.28 bits per heavy atom. The minimum Gasteiger partial charge on any atom is -0.444 e. The summed E-state index contributed by atoms with van der Waals surface area (Å²) >= 11 is 0. The van der Waals surface area contributed by atoms with E-state index in [9.17, 15) is 4.79 Å². The molecule has 1 aromatic carbocycles. The summed E-state index contributed by atoms with van der Waals surface area (Å²) in [4.78, 5) is 16.6. The standard InChI is InChI=1S/C22H25FN4O2/c1-22(2,3)29-21(28)26-17-8-5-4-7-15-14(17)10-11-16(19(15)23)20-18-9-6-12-27(18)25-13-24-20/h6,9-13,17H,4-5,7-8H2,1-3H3,(H,26,28)/t17-/m1/s1. The smallest absolute Gasteiger partial charge is 0.408 e. The van der Waals surface area contributed by atoms with Gasteiger partial charge in [-0.15, -0.1) is 0 Å². The number of fused-ring (bicyclic) bond motifs is 2. The van der Waals surface area contributed by atoms with Crippen LogP contribution in [0.2, 0.25) is 0 Å². The summed E-state index contributed by atoms with van der Waals surface area (Å²) in [6.45, 7) is 5.47. The van der Waals surface area contributed by atoms with E-state index in [-0.39, 0.29) is 11.9 Å². The van der Waals surface area contributed by atoms with Crippen molar-refractivity contribution in [3.05, 3.63) is 53.7 Å². The van der Waals surface area contributed by atoms with Crippen LogP contribution in [-0.2, 0) is 11.2 Å². The maximum Gasteiger partial charge on any atom is 0.408 e. The van der Waals surface area contributed by atoms with E-state index in [1.165, 1.54) is 6.33 Å². The van der Waals surface area contributed by atoms with Crippen LogP contribution in [0, 0.1) is 5.82 Å². The predicted octanol–water partition coefficient (Wildman–Crippen LogP) is 4.83. The van der Waals surface area contributed by atoms with Gasteiger partial charge < -0.3 is 10.1 Å². The molecule has 0 unspecified atom stereocenters. The lowest BCUT2D eigenvalue weighted by atomic mass is 9.94. The fourth-order valence-electron chi connectivity index (χ4n) is 3.88. The molecular weight excluding hydrogens is 371 g/mol. The van der Waals surface area contributed by atoms with Crippen molar-refractivity contribution in [1.29, 1.82) is 0 Å². The van der Waals surface area contributed by atoms with Gasteiger partial charge in [0.25, 0.3) is 0 Å². The molecule has 0 saturated heterocycles. The molecule has 2 heterocycles. The van der Waals surface area contributed by atoms with Crippen LogP contribution < -0.4 is 5.32 Å². The Bertz CT molecular complexity index is 1050. The van der Waals surface area contributed by atoms with E-state index in [0.29, 0.717) is 23.2 Å². The van der Waals surface area contributed by atoms with Crippen LogP contribution >= 0.6 is 0 Å². The van der Waals surface area contributed by atoms with Gasteiger partial charge >= 0.3 is 6.09 Å². The number of hydrogen-bond acceptors (Lipinski definition) is 4. The summed E-state index contributed by atoms with van der Waals surface area (Å²) in [6, 6.07) is 7.11. The molecule has 1 aliphatic rings. The van der Waals surface area contributed by atoms with E-state index >= 15 is 4.39 Å². The van der Waals surface area contributed by atoms with Crippen LogP contribution in [0.1, 0.15) is 57.2 Å². The number of carbonyl (C=O) groups is 1.